The molecule has 9 heteroatoms. The van der Waals surface area contributed by atoms with Crippen LogP contribution in [0.2, 0.25) is 5.02 Å². The molecule has 3 N–H and O–H groups in total. The first kappa shape index (κ1) is 22.4. The van der Waals surface area contributed by atoms with Crippen LogP contribution in [0.4, 0.5) is 0 Å². The van der Waals surface area contributed by atoms with E-state index in [1.54, 1.807) is 41.1 Å². The number of amides is 3. The molecule has 2 heterocycles. The molecule has 4 rings (SSSR count). The van der Waals surface area contributed by atoms with Gasteiger partial charge in [0.25, 0.3) is 11.8 Å². The first-order chi connectivity index (χ1) is 16.0. The van der Waals surface area contributed by atoms with E-state index in [-0.39, 0.29) is 18.9 Å². The predicted molar refractivity (Wildman–Crippen MR) is 129 cm³/mol. The molecule has 33 heavy (non-hydrogen) atoms. The van der Waals surface area contributed by atoms with Gasteiger partial charge in [0.1, 0.15) is 0 Å². The Morgan fingerprint density at radius 1 is 0.939 bits per heavy atom. The Kier molecular flexibility index (Phi) is 6.97. The molecule has 0 fully saturated rings. The Hall–Kier alpha value is -3.75. The summed E-state index contributed by atoms with van der Waals surface area (Å²) in [5.74, 6) is -1.14. The Morgan fingerprint density at radius 2 is 1.73 bits per heavy atom. The van der Waals surface area contributed by atoms with E-state index in [4.69, 9.17) is 11.6 Å². The largest absolute Gasteiger partial charge is 0.351 e. The zero-order valence-corrected chi connectivity index (χ0v) is 18.9. The fourth-order valence-corrected chi connectivity index (χ4v) is 3.94. The molecule has 0 saturated carbocycles. The Balaban J connectivity index is 1.42. The van der Waals surface area contributed by atoms with Crippen molar-refractivity contribution in [3.63, 3.8) is 0 Å². The lowest BCUT2D eigenvalue weighted by Gasteiger charge is -2.12. The molecule has 0 aliphatic heterocycles. The van der Waals surface area contributed by atoms with Gasteiger partial charge in [0.15, 0.2) is 0 Å². The Morgan fingerprint density at radius 3 is 2.48 bits per heavy atom. The summed E-state index contributed by atoms with van der Waals surface area (Å²) in [6.07, 6.45) is 0.0171. The van der Waals surface area contributed by atoms with Gasteiger partial charge in [0.2, 0.25) is 5.91 Å². The van der Waals surface area contributed by atoms with Crippen LogP contribution in [-0.2, 0) is 4.79 Å². The number of hydrazine groups is 1. The number of pyridine rings is 1. The lowest BCUT2D eigenvalue weighted by atomic mass is 10.0. The molecule has 4 aromatic rings. The van der Waals surface area contributed by atoms with Gasteiger partial charge in [-0.1, -0.05) is 41.9 Å². The van der Waals surface area contributed by atoms with E-state index >= 15 is 0 Å². The van der Waals surface area contributed by atoms with Gasteiger partial charge in [-0.25, -0.2) is 4.98 Å². The zero-order valence-electron chi connectivity index (χ0n) is 17.3. The predicted octanol–water partition coefficient (Wildman–Crippen LogP) is 4.20. The number of nitrogens with one attached hydrogen (secondary N) is 3. The molecule has 0 spiro atoms. The van der Waals surface area contributed by atoms with E-state index in [1.165, 1.54) is 11.3 Å². The van der Waals surface area contributed by atoms with Gasteiger partial charge in [-0.3, -0.25) is 25.2 Å². The summed E-state index contributed by atoms with van der Waals surface area (Å²) < 4.78 is 0. The molecule has 3 amide bonds. The van der Waals surface area contributed by atoms with Crippen molar-refractivity contribution < 1.29 is 14.4 Å². The quantitative estimate of drug-likeness (QED) is 0.361. The maximum absolute atomic E-state index is 12.9. The summed E-state index contributed by atoms with van der Waals surface area (Å²) in [5, 5.41) is 7.46. The van der Waals surface area contributed by atoms with Crippen LogP contribution in [0.5, 0.6) is 0 Å². The van der Waals surface area contributed by atoms with Gasteiger partial charge >= 0.3 is 0 Å². The number of thiophene rings is 1. The second-order valence-electron chi connectivity index (χ2n) is 7.10. The van der Waals surface area contributed by atoms with Gasteiger partial charge in [0, 0.05) is 39.9 Å². The number of hydrogen-bond acceptors (Lipinski definition) is 5. The number of benzene rings is 2. The van der Waals surface area contributed by atoms with Crippen LogP contribution in [0.1, 0.15) is 27.1 Å². The molecule has 0 unspecified atom stereocenters. The summed E-state index contributed by atoms with van der Waals surface area (Å²) in [6.45, 7) is 0.148. The number of carbonyl (C=O) groups is 3. The highest BCUT2D eigenvalue weighted by atomic mass is 35.5. The molecule has 2 aromatic heterocycles. The SMILES string of the molecule is O=C(CCNC(=O)c1ccsc1)NNC(=O)c1cc(-c2ccc(Cl)cc2)nc2ccccc12. The minimum atomic E-state index is -0.473. The molecule has 0 aliphatic carbocycles. The molecular formula is C24H19ClN4O3S. The molecule has 7 nitrogen and oxygen atoms in total. The van der Waals surface area contributed by atoms with E-state index in [0.717, 1.165) is 5.56 Å². The van der Waals surface area contributed by atoms with E-state index in [9.17, 15) is 14.4 Å². The van der Waals surface area contributed by atoms with Crippen molar-refractivity contribution in [2.24, 2.45) is 0 Å². The van der Waals surface area contributed by atoms with Crippen LogP contribution in [0.25, 0.3) is 22.2 Å². The molecule has 0 bridgehead atoms. The lowest BCUT2D eigenvalue weighted by molar-refractivity contribution is -0.121. The van der Waals surface area contributed by atoms with Crippen LogP contribution in [0, 0.1) is 0 Å². The number of nitrogens with zero attached hydrogens (tertiary/aromatic N) is 1. The van der Waals surface area contributed by atoms with Gasteiger partial charge in [0.05, 0.1) is 16.8 Å². The van der Waals surface area contributed by atoms with Crippen molar-refractivity contribution in [1.29, 1.82) is 0 Å². The normalized spacial score (nSPS) is 10.6. The van der Waals surface area contributed by atoms with Crippen LogP contribution in [-0.4, -0.2) is 29.3 Å². The molecule has 0 aliphatic rings. The van der Waals surface area contributed by atoms with Crippen molar-refractivity contribution in [3.8, 4) is 11.3 Å². The number of para-hydroxylation sites is 1. The number of carbonyl (C=O) groups excluding carboxylic acids is 3. The Labute approximate surface area is 198 Å². The first-order valence-electron chi connectivity index (χ1n) is 10.1. The molecule has 166 valence electrons. The molecule has 0 saturated heterocycles. The third-order valence-electron chi connectivity index (χ3n) is 4.84. The molecule has 2 aromatic carbocycles. The summed E-state index contributed by atoms with van der Waals surface area (Å²) >= 11 is 7.40. The van der Waals surface area contributed by atoms with Crippen LogP contribution in [0.15, 0.2) is 71.4 Å². The number of halogens is 1. The summed E-state index contributed by atoms with van der Waals surface area (Å²) in [4.78, 5) is 41.6. The highest BCUT2D eigenvalue weighted by Gasteiger charge is 2.15. The number of rotatable bonds is 6. The maximum atomic E-state index is 12.9. The highest BCUT2D eigenvalue weighted by molar-refractivity contribution is 7.08. The average Bonchev–Trinajstić information content (AvgIpc) is 3.37. The third kappa shape index (κ3) is 5.54. The number of fused-ring (bicyclic) bond motifs is 1. The molecule has 0 atom stereocenters. The summed E-state index contributed by atoms with van der Waals surface area (Å²) in [6, 6.07) is 17.8. The molecule has 0 radical (unpaired) electrons. The van der Waals surface area contributed by atoms with Gasteiger partial charge < -0.3 is 5.32 Å². The average molecular weight is 479 g/mol. The van der Waals surface area contributed by atoms with Crippen molar-refractivity contribution >= 4 is 51.6 Å². The van der Waals surface area contributed by atoms with E-state index in [2.05, 4.69) is 21.2 Å². The third-order valence-corrected chi connectivity index (χ3v) is 5.77. The van der Waals surface area contributed by atoms with Gasteiger partial charge in [-0.05, 0) is 35.7 Å². The number of aromatic nitrogens is 1. The van der Waals surface area contributed by atoms with Crippen molar-refractivity contribution in [2.45, 2.75) is 6.42 Å². The highest BCUT2D eigenvalue weighted by Crippen LogP contribution is 2.25. The minimum Gasteiger partial charge on any atom is -0.351 e. The van der Waals surface area contributed by atoms with Gasteiger partial charge in [-0.2, -0.15) is 11.3 Å². The first-order valence-corrected chi connectivity index (χ1v) is 11.4. The number of hydrogen-bond donors (Lipinski definition) is 3. The van der Waals surface area contributed by atoms with Crippen LogP contribution >= 0.6 is 22.9 Å². The van der Waals surface area contributed by atoms with Gasteiger partial charge in [-0.15, -0.1) is 0 Å². The van der Waals surface area contributed by atoms with Crippen molar-refractivity contribution in [3.05, 3.63) is 87.6 Å². The fourth-order valence-electron chi connectivity index (χ4n) is 3.17. The van der Waals surface area contributed by atoms with E-state index in [0.29, 0.717) is 32.7 Å². The zero-order chi connectivity index (χ0) is 23.2. The van der Waals surface area contributed by atoms with E-state index < -0.39 is 11.8 Å². The second-order valence-corrected chi connectivity index (χ2v) is 8.32. The van der Waals surface area contributed by atoms with Crippen molar-refractivity contribution in [2.75, 3.05) is 6.54 Å². The topological polar surface area (TPSA) is 100 Å². The summed E-state index contributed by atoms with van der Waals surface area (Å²) in [7, 11) is 0. The standard InChI is InChI=1S/C24H19ClN4O3S/c25-17-7-5-15(6-8-17)21-13-19(18-3-1-2-4-20(18)27-21)24(32)29-28-22(30)9-11-26-23(31)16-10-12-33-14-16/h1-8,10,12-14H,9,11H2,(H,26,31)(H,28,30)(H,29,32). The Bertz CT molecular complexity index is 1310. The fraction of sp³-hybridized carbons (Fsp3) is 0.0833. The summed E-state index contributed by atoms with van der Waals surface area (Å²) in [5.41, 5.74) is 7.83. The lowest BCUT2D eigenvalue weighted by Crippen LogP contribution is -2.42. The minimum absolute atomic E-state index is 0.0171. The van der Waals surface area contributed by atoms with Crippen molar-refractivity contribution in [1.82, 2.24) is 21.2 Å². The molecular weight excluding hydrogens is 460 g/mol. The van der Waals surface area contributed by atoms with Crippen LogP contribution in [0.3, 0.4) is 0 Å². The smallest absolute Gasteiger partial charge is 0.270 e. The second kappa shape index (κ2) is 10.2. The van der Waals surface area contributed by atoms with E-state index in [1.807, 2.05) is 30.3 Å². The van der Waals surface area contributed by atoms with Crippen LogP contribution < -0.4 is 16.2 Å². The maximum Gasteiger partial charge on any atom is 0.270 e. The monoisotopic (exact) mass is 478 g/mol.